The molecule has 16 nitrogen and oxygen atoms in total. The number of aromatic nitrogens is 2. The zero-order valence-electron chi connectivity index (χ0n) is 33.3. The molecule has 64 heavy (non-hydrogen) atoms. The number of benzene rings is 4. The zero-order chi connectivity index (χ0) is 44.7. The Morgan fingerprint density at radius 2 is 1.22 bits per heavy atom. The average Bonchev–Trinajstić information content (AvgIpc) is 3.73. The van der Waals surface area contributed by atoms with Gasteiger partial charge < -0.3 is 56.3 Å². The lowest BCUT2D eigenvalue weighted by molar-refractivity contribution is -0.384. The van der Waals surface area contributed by atoms with E-state index in [1.54, 1.807) is 12.1 Å². The highest BCUT2D eigenvalue weighted by Gasteiger charge is 2.26. The molecular weight excluding hydrogens is 1010 g/mol. The number of rotatable bonds is 4. The van der Waals surface area contributed by atoms with Gasteiger partial charge in [-0.05, 0) is 74.5 Å². The van der Waals surface area contributed by atoms with Crippen LogP contribution in [0.3, 0.4) is 0 Å². The normalized spacial score (nSPS) is 15.3. The van der Waals surface area contributed by atoms with Gasteiger partial charge in [-0.2, -0.15) is 0 Å². The molecule has 0 saturated carbocycles. The maximum atomic E-state index is 13.6. The molecule has 2 amide bonds. The van der Waals surface area contributed by atoms with Crippen molar-refractivity contribution in [3.8, 4) is 0 Å². The number of fused-ring (bicyclic) bond motifs is 10. The van der Waals surface area contributed by atoms with Crippen molar-refractivity contribution in [1.29, 1.82) is 0 Å². The van der Waals surface area contributed by atoms with Gasteiger partial charge in [0, 0.05) is 80.4 Å². The van der Waals surface area contributed by atoms with Crippen molar-refractivity contribution in [1.82, 2.24) is 20.6 Å². The Bertz CT molecular complexity index is 3190. The molecule has 0 aliphatic carbocycles. The highest BCUT2D eigenvalue weighted by Crippen LogP contribution is 2.43. The SMILES string of the molecule is C[C@@H]1CNc2c(sc3ccc4nc(Cl)ccc4c23)C(=O)N1.C[C@@H]1CNc2c(sc3ccc4nc(Nc5cc(F)ccc5[N+](=O)[O-])ccc4c23)C(=O)N1.Nc1cc(F)ccc1[N+](=O)[O-].[I-]. The summed E-state index contributed by atoms with van der Waals surface area (Å²) in [5.41, 5.74) is 7.68. The second-order valence-electron chi connectivity index (χ2n) is 14.5. The molecule has 0 unspecified atom stereocenters. The largest absolute Gasteiger partial charge is 1.00 e. The van der Waals surface area contributed by atoms with Crippen LogP contribution in [0.5, 0.6) is 0 Å². The van der Waals surface area contributed by atoms with Crippen LogP contribution >= 0.6 is 34.3 Å². The van der Waals surface area contributed by atoms with Crippen LogP contribution in [0.25, 0.3) is 42.0 Å². The quantitative estimate of drug-likeness (QED) is 0.0354. The number of nitrogens with one attached hydrogen (secondary N) is 5. The molecule has 6 heterocycles. The van der Waals surface area contributed by atoms with Crippen LogP contribution in [0.15, 0.2) is 84.9 Å². The minimum atomic E-state index is -0.658. The summed E-state index contributed by atoms with van der Waals surface area (Å²) in [6.07, 6.45) is 0. The molecule has 4 aromatic carbocycles. The van der Waals surface area contributed by atoms with Crippen molar-refractivity contribution in [3.63, 3.8) is 0 Å². The monoisotopic (exact) mass is 1040 g/mol. The summed E-state index contributed by atoms with van der Waals surface area (Å²) in [4.78, 5) is 55.3. The lowest BCUT2D eigenvalue weighted by Gasteiger charge is -2.11. The van der Waals surface area contributed by atoms with Crippen molar-refractivity contribution in [2.24, 2.45) is 0 Å². The molecule has 0 bridgehead atoms. The van der Waals surface area contributed by atoms with Crippen molar-refractivity contribution in [2.75, 3.05) is 34.8 Å². The maximum Gasteiger partial charge on any atom is 0.292 e. The van der Waals surface area contributed by atoms with E-state index in [-0.39, 0.29) is 70.6 Å². The first kappa shape index (κ1) is 45.5. The second-order valence-corrected chi connectivity index (χ2v) is 17.0. The van der Waals surface area contributed by atoms with E-state index in [0.717, 1.165) is 89.1 Å². The van der Waals surface area contributed by atoms with E-state index < -0.39 is 21.5 Å². The number of nitro benzene ring substituents is 2. The van der Waals surface area contributed by atoms with Gasteiger partial charge in [0.2, 0.25) is 0 Å². The van der Waals surface area contributed by atoms with Gasteiger partial charge in [0.1, 0.15) is 43.7 Å². The number of nitrogens with two attached hydrogens (primary N) is 1. The number of thiophene rings is 2. The molecule has 0 radical (unpaired) electrons. The number of halogens is 4. The number of nitrogens with zero attached hydrogens (tertiary/aromatic N) is 4. The summed E-state index contributed by atoms with van der Waals surface area (Å²) < 4.78 is 28.0. The molecule has 0 saturated heterocycles. The number of anilines is 5. The summed E-state index contributed by atoms with van der Waals surface area (Å²) in [6.45, 7) is 5.25. The molecule has 0 spiro atoms. The first-order chi connectivity index (χ1) is 30.1. The number of hydrogen-bond donors (Lipinski definition) is 6. The highest BCUT2D eigenvalue weighted by atomic mass is 127. The summed E-state index contributed by atoms with van der Waals surface area (Å²) in [5, 5.41) is 41.3. The third-order valence-electron chi connectivity index (χ3n) is 9.95. The van der Waals surface area contributed by atoms with Crippen LogP contribution in [0.4, 0.5) is 48.7 Å². The molecule has 4 aromatic heterocycles. The van der Waals surface area contributed by atoms with Gasteiger partial charge in [-0.3, -0.25) is 29.8 Å². The molecule has 0 fully saturated rings. The number of carbonyl (C=O) groups excluding carboxylic acids is 2. The van der Waals surface area contributed by atoms with Crippen molar-refractivity contribution in [2.45, 2.75) is 25.9 Å². The summed E-state index contributed by atoms with van der Waals surface area (Å²) in [7, 11) is 0. The summed E-state index contributed by atoms with van der Waals surface area (Å²) in [6, 6.07) is 21.2. The number of pyridine rings is 2. The second kappa shape index (κ2) is 18.7. The number of nitro groups is 2. The van der Waals surface area contributed by atoms with E-state index in [0.29, 0.717) is 34.5 Å². The molecule has 2 atom stereocenters. The standard InChI is InChI=1S/C21H16FN5O3S.C15H12ClN3OS.C6H5FN2O2.HI/c1-10-9-23-19-18-12-3-7-17(26-14-8-11(22)2-5-15(14)27(29)30)25-13(12)4-6-16(18)31-20(19)21(28)24-10;1-7-6-17-13-12-8-2-5-11(16)19-9(8)3-4-10(12)21-14(13)15(20)18-7;7-4-1-2-6(9(10)11)5(8)3-4;/h2-8,10,23H,9H2,1H3,(H,24,28)(H,25,26);2-5,7,17H,6H2,1H3,(H,18,20);1-3H,8H2;1H/p-1/t10-;7-;;/m11../s1. The van der Waals surface area contributed by atoms with E-state index in [1.165, 1.54) is 22.7 Å². The van der Waals surface area contributed by atoms with E-state index >= 15 is 0 Å². The molecule has 2 aliphatic heterocycles. The topological polar surface area (TPSA) is 232 Å². The van der Waals surface area contributed by atoms with Gasteiger partial charge in [-0.1, -0.05) is 11.6 Å². The van der Waals surface area contributed by atoms with E-state index in [4.69, 9.17) is 17.3 Å². The smallest absolute Gasteiger partial charge is 0.292 e. The predicted octanol–water partition coefficient (Wildman–Crippen LogP) is 6.75. The Morgan fingerprint density at radius 1 is 0.719 bits per heavy atom. The van der Waals surface area contributed by atoms with Crippen molar-refractivity contribution in [3.05, 3.63) is 132 Å². The highest BCUT2D eigenvalue weighted by molar-refractivity contribution is 7.22. The Hall–Kier alpha value is -6.56. The lowest BCUT2D eigenvalue weighted by atomic mass is 10.1. The van der Waals surface area contributed by atoms with Crippen LogP contribution in [0, 0.1) is 31.9 Å². The van der Waals surface area contributed by atoms with Crippen LogP contribution in [-0.2, 0) is 0 Å². The van der Waals surface area contributed by atoms with Crippen LogP contribution < -0.4 is 56.3 Å². The first-order valence-corrected chi connectivity index (χ1v) is 21.0. The van der Waals surface area contributed by atoms with Gasteiger partial charge in [0.25, 0.3) is 23.2 Å². The van der Waals surface area contributed by atoms with E-state index in [2.05, 4.69) is 36.6 Å². The number of nitrogen functional groups attached to an aromatic ring is 1. The van der Waals surface area contributed by atoms with Gasteiger partial charge in [-0.15, -0.1) is 22.7 Å². The third kappa shape index (κ3) is 9.23. The van der Waals surface area contributed by atoms with Gasteiger partial charge >= 0.3 is 0 Å². The van der Waals surface area contributed by atoms with Gasteiger partial charge in [0.15, 0.2) is 0 Å². The fraction of sp³-hybridized carbons (Fsp3) is 0.143. The number of amides is 2. The van der Waals surface area contributed by atoms with Crippen molar-refractivity contribution < 1.29 is 52.2 Å². The third-order valence-corrected chi connectivity index (χ3v) is 12.5. The number of carbonyl (C=O) groups is 2. The molecular formula is C42H33ClF2IN10O6S2-. The molecule has 2 aliphatic rings. The Balaban J connectivity index is 0.000000160. The van der Waals surface area contributed by atoms with Gasteiger partial charge in [0.05, 0.1) is 32.3 Å². The minimum Gasteiger partial charge on any atom is -1.00 e. The Labute approximate surface area is 390 Å². The summed E-state index contributed by atoms with van der Waals surface area (Å²) >= 11 is 8.89. The molecule has 22 heteroatoms. The molecule has 328 valence electrons. The van der Waals surface area contributed by atoms with Crippen LogP contribution in [-0.4, -0.2) is 56.8 Å². The van der Waals surface area contributed by atoms with E-state index in [9.17, 15) is 38.6 Å². The fourth-order valence-corrected chi connectivity index (χ4v) is 9.44. The predicted molar refractivity (Wildman–Crippen MR) is 244 cm³/mol. The van der Waals surface area contributed by atoms with Crippen LogP contribution in [0.1, 0.15) is 33.2 Å². The van der Waals surface area contributed by atoms with Crippen LogP contribution in [0.2, 0.25) is 5.15 Å². The Kier molecular flexibility index (Phi) is 13.2. The lowest BCUT2D eigenvalue weighted by Crippen LogP contribution is -3.00. The van der Waals surface area contributed by atoms with Gasteiger partial charge in [-0.25, -0.2) is 18.7 Å². The molecule has 7 N–H and O–H groups in total. The Morgan fingerprint density at radius 3 is 1.75 bits per heavy atom. The number of hydrogen-bond acceptors (Lipinski definition) is 14. The first-order valence-electron chi connectivity index (χ1n) is 19.0. The van der Waals surface area contributed by atoms with E-state index in [1.807, 2.05) is 50.2 Å². The molecule has 8 aromatic rings. The summed E-state index contributed by atoms with van der Waals surface area (Å²) in [5.74, 6) is -0.935. The minimum absolute atomic E-state index is 0. The molecule has 10 rings (SSSR count). The maximum absolute atomic E-state index is 13.6. The zero-order valence-corrected chi connectivity index (χ0v) is 37.8. The van der Waals surface area contributed by atoms with Crippen molar-refractivity contribution >= 4 is 128 Å². The fourth-order valence-electron chi connectivity index (χ4n) is 7.09. The average molecular weight is 1040 g/mol.